The molecule has 0 saturated heterocycles. The van der Waals surface area contributed by atoms with Gasteiger partial charge in [0, 0.05) is 18.7 Å². The average molecular weight is 239 g/mol. The molecule has 0 unspecified atom stereocenters. The third-order valence-electron chi connectivity index (χ3n) is 2.57. The Morgan fingerprint density at radius 3 is 2.53 bits per heavy atom. The van der Waals surface area contributed by atoms with Crippen LogP contribution in [0, 0.1) is 19.8 Å². The molecule has 5 heteroatoms. The van der Waals surface area contributed by atoms with Gasteiger partial charge in [0.25, 0.3) is 0 Å². The molecule has 0 atom stereocenters. The fraction of sp³-hybridized carbons (Fsp3) is 0.667. The lowest BCUT2D eigenvalue weighted by Crippen LogP contribution is -2.36. The van der Waals surface area contributed by atoms with Gasteiger partial charge in [0.05, 0.1) is 12.2 Å². The van der Waals surface area contributed by atoms with Crippen LogP contribution in [0.4, 0.5) is 0 Å². The maximum atomic E-state index is 11.0. The summed E-state index contributed by atoms with van der Waals surface area (Å²) >= 11 is 0. The molecule has 0 aromatic carbocycles. The quantitative estimate of drug-likeness (QED) is 0.810. The van der Waals surface area contributed by atoms with Gasteiger partial charge in [-0.05, 0) is 19.8 Å². The van der Waals surface area contributed by atoms with Crippen LogP contribution in [-0.2, 0) is 11.3 Å². The van der Waals surface area contributed by atoms with Crippen molar-refractivity contribution in [1.29, 1.82) is 0 Å². The van der Waals surface area contributed by atoms with Crippen molar-refractivity contribution in [3.63, 3.8) is 0 Å². The largest absolute Gasteiger partial charge is 0.369 e. The van der Waals surface area contributed by atoms with Gasteiger partial charge in [-0.3, -0.25) is 9.69 Å². The second kappa shape index (κ2) is 5.82. The number of nitrogens with zero attached hydrogens (tertiary/aromatic N) is 2. The van der Waals surface area contributed by atoms with Gasteiger partial charge in [0.1, 0.15) is 5.76 Å². The number of rotatable bonds is 6. The Morgan fingerprint density at radius 1 is 1.47 bits per heavy atom. The van der Waals surface area contributed by atoms with Crippen molar-refractivity contribution in [1.82, 2.24) is 10.1 Å². The monoisotopic (exact) mass is 239 g/mol. The molecule has 1 aromatic rings. The highest BCUT2D eigenvalue weighted by atomic mass is 16.5. The molecule has 0 aliphatic carbocycles. The zero-order chi connectivity index (χ0) is 13.0. The van der Waals surface area contributed by atoms with Gasteiger partial charge < -0.3 is 10.3 Å². The van der Waals surface area contributed by atoms with Crippen LogP contribution in [0.15, 0.2) is 4.52 Å². The van der Waals surface area contributed by atoms with E-state index >= 15 is 0 Å². The number of hydrogen-bond donors (Lipinski definition) is 1. The minimum Gasteiger partial charge on any atom is -0.369 e. The molecule has 0 spiro atoms. The first-order chi connectivity index (χ1) is 7.90. The van der Waals surface area contributed by atoms with E-state index in [-0.39, 0.29) is 12.5 Å². The van der Waals surface area contributed by atoms with E-state index in [0.717, 1.165) is 23.6 Å². The molecule has 0 bridgehead atoms. The summed E-state index contributed by atoms with van der Waals surface area (Å²) in [5.41, 5.74) is 7.18. The molecule has 1 aromatic heterocycles. The summed E-state index contributed by atoms with van der Waals surface area (Å²) in [6, 6.07) is 0. The summed E-state index contributed by atoms with van der Waals surface area (Å²) in [4.78, 5) is 13.1. The number of aromatic nitrogens is 1. The van der Waals surface area contributed by atoms with Crippen LogP contribution < -0.4 is 5.73 Å². The first-order valence-corrected chi connectivity index (χ1v) is 5.82. The van der Waals surface area contributed by atoms with Crippen LogP contribution in [0.2, 0.25) is 0 Å². The van der Waals surface area contributed by atoms with Crippen LogP contribution in [0.5, 0.6) is 0 Å². The Labute approximate surface area is 102 Å². The molecule has 0 fully saturated rings. The van der Waals surface area contributed by atoms with Gasteiger partial charge in [-0.15, -0.1) is 0 Å². The van der Waals surface area contributed by atoms with Crippen LogP contribution in [0.25, 0.3) is 0 Å². The molecule has 0 saturated carbocycles. The summed E-state index contributed by atoms with van der Waals surface area (Å²) < 4.78 is 5.11. The summed E-state index contributed by atoms with van der Waals surface area (Å²) in [7, 11) is 0. The molecular formula is C12H21N3O2. The summed E-state index contributed by atoms with van der Waals surface area (Å²) in [5.74, 6) is 0.980. The lowest BCUT2D eigenvalue weighted by atomic mass is 10.1. The molecule has 96 valence electrons. The molecular weight excluding hydrogens is 218 g/mol. The van der Waals surface area contributed by atoms with Crippen molar-refractivity contribution in [3.8, 4) is 0 Å². The summed E-state index contributed by atoms with van der Waals surface area (Å²) in [6.07, 6.45) is 0. The number of hydrogen-bond acceptors (Lipinski definition) is 4. The summed E-state index contributed by atoms with van der Waals surface area (Å²) in [5, 5.41) is 3.91. The molecule has 17 heavy (non-hydrogen) atoms. The van der Waals surface area contributed by atoms with Crippen molar-refractivity contribution in [2.45, 2.75) is 34.2 Å². The second-order valence-corrected chi connectivity index (χ2v) is 4.83. The molecule has 0 aliphatic rings. The topological polar surface area (TPSA) is 72.4 Å². The zero-order valence-corrected chi connectivity index (χ0v) is 11.0. The molecule has 5 nitrogen and oxygen atoms in total. The number of nitrogens with two attached hydrogens (primary N) is 1. The van der Waals surface area contributed by atoms with Crippen LogP contribution >= 0.6 is 0 Å². The van der Waals surface area contributed by atoms with Gasteiger partial charge in [0.2, 0.25) is 5.91 Å². The van der Waals surface area contributed by atoms with E-state index in [2.05, 4.69) is 19.0 Å². The van der Waals surface area contributed by atoms with Crippen molar-refractivity contribution >= 4 is 5.91 Å². The SMILES string of the molecule is Cc1noc(C)c1CN(CC(N)=O)CC(C)C. The fourth-order valence-electron chi connectivity index (χ4n) is 1.87. The average Bonchev–Trinajstić information content (AvgIpc) is 2.47. The van der Waals surface area contributed by atoms with Crippen molar-refractivity contribution in [2.75, 3.05) is 13.1 Å². The number of primary amides is 1. The molecule has 1 rings (SSSR count). The number of carbonyl (C=O) groups is 1. The van der Waals surface area contributed by atoms with E-state index in [4.69, 9.17) is 10.3 Å². The fourth-order valence-corrected chi connectivity index (χ4v) is 1.87. The zero-order valence-electron chi connectivity index (χ0n) is 11.0. The van der Waals surface area contributed by atoms with E-state index in [1.54, 1.807) is 0 Å². The third-order valence-corrected chi connectivity index (χ3v) is 2.57. The Bertz CT molecular complexity index is 366. The summed E-state index contributed by atoms with van der Waals surface area (Å²) in [6.45, 7) is 9.76. The molecule has 1 heterocycles. The minimum absolute atomic E-state index is 0.266. The highest BCUT2D eigenvalue weighted by molar-refractivity contribution is 5.75. The normalized spacial score (nSPS) is 11.4. The predicted octanol–water partition coefficient (Wildman–Crippen LogP) is 1.23. The Kier molecular flexibility index (Phi) is 4.69. The maximum Gasteiger partial charge on any atom is 0.231 e. The second-order valence-electron chi connectivity index (χ2n) is 4.83. The van der Waals surface area contributed by atoms with Crippen LogP contribution in [-0.4, -0.2) is 29.1 Å². The number of aryl methyl sites for hydroxylation is 2. The lowest BCUT2D eigenvalue weighted by Gasteiger charge is -2.22. The molecule has 2 N–H and O–H groups in total. The third kappa shape index (κ3) is 4.19. The molecule has 1 amide bonds. The predicted molar refractivity (Wildman–Crippen MR) is 65.3 cm³/mol. The van der Waals surface area contributed by atoms with E-state index in [0.29, 0.717) is 12.5 Å². The first-order valence-electron chi connectivity index (χ1n) is 5.82. The van der Waals surface area contributed by atoms with Gasteiger partial charge >= 0.3 is 0 Å². The Hall–Kier alpha value is -1.36. The van der Waals surface area contributed by atoms with Crippen molar-refractivity contribution in [3.05, 3.63) is 17.0 Å². The van der Waals surface area contributed by atoms with Gasteiger partial charge in [-0.2, -0.15) is 0 Å². The smallest absolute Gasteiger partial charge is 0.231 e. The van der Waals surface area contributed by atoms with E-state index in [1.165, 1.54) is 0 Å². The van der Waals surface area contributed by atoms with Gasteiger partial charge in [-0.25, -0.2) is 0 Å². The Morgan fingerprint density at radius 2 is 2.12 bits per heavy atom. The number of carbonyl (C=O) groups excluding carboxylic acids is 1. The standard InChI is InChI=1S/C12H21N3O2/c1-8(2)5-15(7-12(13)16)6-11-9(3)14-17-10(11)4/h8H,5-7H2,1-4H3,(H2,13,16). The van der Waals surface area contributed by atoms with Crippen molar-refractivity contribution in [2.24, 2.45) is 11.7 Å². The molecule has 0 radical (unpaired) electrons. The van der Waals surface area contributed by atoms with E-state index in [1.807, 2.05) is 18.7 Å². The van der Waals surface area contributed by atoms with Gasteiger partial charge in [-0.1, -0.05) is 19.0 Å². The first kappa shape index (κ1) is 13.7. The van der Waals surface area contributed by atoms with E-state index in [9.17, 15) is 4.79 Å². The lowest BCUT2D eigenvalue weighted by molar-refractivity contribution is -0.119. The van der Waals surface area contributed by atoms with Gasteiger partial charge in [0.15, 0.2) is 0 Å². The van der Waals surface area contributed by atoms with Crippen LogP contribution in [0.3, 0.4) is 0 Å². The van der Waals surface area contributed by atoms with Crippen molar-refractivity contribution < 1.29 is 9.32 Å². The highest BCUT2D eigenvalue weighted by Gasteiger charge is 2.16. The maximum absolute atomic E-state index is 11.0. The highest BCUT2D eigenvalue weighted by Crippen LogP contribution is 2.15. The number of amides is 1. The Balaban J connectivity index is 2.75. The van der Waals surface area contributed by atoms with E-state index < -0.39 is 0 Å². The molecule has 0 aliphatic heterocycles. The minimum atomic E-state index is -0.308. The van der Waals surface area contributed by atoms with Crippen LogP contribution in [0.1, 0.15) is 30.9 Å².